The lowest BCUT2D eigenvalue weighted by atomic mass is 10.1. The quantitative estimate of drug-likeness (QED) is 0.866. The standard InChI is InChI=1S/C12H17ClO3/c1-8(2)16-7-11(14)9-4-5-12(15-3)10(13)6-9/h4-6,8,11,14H,7H2,1-3H3. The Morgan fingerprint density at radius 1 is 1.38 bits per heavy atom. The number of hydrogen-bond acceptors (Lipinski definition) is 3. The first-order valence-electron chi connectivity index (χ1n) is 5.17. The van der Waals surface area contributed by atoms with Crippen molar-refractivity contribution in [3.8, 4) is 5.75 Å². The minimum Gasteiger partial charge on any atom is -0.495 e. The second kappa shape index (κ2) is 6.09. The molecule has 0 spiro atoms. The molecule has 0 fully saturated rings. The van der Waals surface area contributed by atoms with Crippen LogP contribution in [-0.4, -0.2) is 24.9 Å². The summed E-state index contributed by atoms with van der Waals surface area (Å²) in [5, 5.41) is 10.3. The molecule has 0 aliphatic rings. The largest absolute Gasteiger partial charge is 0.495 e. The van der Waals surface area contributed by atoms with Gasteiger partial charge in [-0.15, -0.1) is 0 Å². The lowest BCUT2D eigenvalue weighted by Gasteiger charge is -2.14. The summed E-state index contributed by atoms with van der Waals surface area (Å²) in [6, 6.07) is 5.20. The maximum Gasteiger partial charge on any atom is 0.137 e. The summed E-state index contributed by atoms with van der Waals surface area (Å²) in [5.41, 5.74) is 0.728. The molecule has 1 aromatic rings. The number of benzene rings is 1. The molecule has 0 amide bonds. The summed E-state index contributed by atoms with van der Waals surface area (Å²) < 4.78 is 10.4. The lowest BCUT2D eigenvalue weighted by molar-refractivity contribution is 0.00492. The molecule has 4 heteroatoms. The highest BCUT2D eigenvalue weighted by Gasteiger charge is 2.11. The Bertz CT molecular complexity index is 339. The van der Waals surface area contributed by atoms with Gasteiger partial charge >= 0.3 is 0 Å². The van der Waals surface area contributed by atoms with Crippen LogP contribution in [0.5, 0.6) is 5.75 Å². The molecule has 1 unspecified atom stereocenters. The van der Waals surface area contributed by atoms with Gasteiger partial charge in [-0.05, 0) is 31.5 Å². The number of hydrogen-bond donors (Lipinski definition) is 1. The third-order valence-electron chi connectivity index (χ3n) is 2.15. The van der Waals surface area contributed by atoms with Crippen molar-refractivity contribution in [2.24, 2.45) is 0 Å². The molecule has 0 bridgehead atoms. The van der Waals surface area contributed by atoms with E-state index in [4.69, 9.17) is 21.1 Å². The molecule has 0 radical (unpaired) electrons. The molecule has 0 aliphatic heterocycles. The van der Waals surface area contributed by atoms with E-state index in [1.807, 2.05) is 13.8 Å². The van der Waals surface area contributed by atoms with E-state index in [2.05, 4.69) is 0 Å². The maximum atomic E-state index is 9.83. The fourth-order valence-electron chi connectivity index (χ4n) is 1.27. The average molecular weight is 245 g/mol. The van der Waals surface area contributed by atoms with Crippen LogP contribution >= 0.6 is 11.6 Å². The summed E-state index contributed by atoms with van der Waals surface area (Å²) >= 11 is 5.96. The minimum absolute atomic E-state index is 0.100. The van der Waals surface area contributed by atoms with Gasteiger partial charge in [0, 0.05) is 0 Å². The molecule has 0 saturated carbocycles. The fraction of sp³-hybridized carbons (Fsp3) is 0.500. The van der Waals surface area contributed by atoms with Crippen LogP contribution in [0.15, 0.2) is 18.2 Å². The van der Waals surface area contributed by atoms with Gasteiger partial charge in [-0.1, -0.05) is 17.7 Å². The van der Waals surface area contributed by atoms with Crippen molar-refractivity contribution in [2.75, 3.05) is 13.7 Å². The third kappa shape index (κ3) is 3.67. The predicted molar refractivity (Wildman–Crippen MR) is 64.1 cm³/mol. The van der Waals surface area contributed by atoms with Crippen LogP contribution < -0.4 is 4.74 Å². The number of halogens is 1. The highest BCUT2D eigenvalue weighted by atomic mass is 35.5. The van der Waals surface area contributed by atoms with Crippen molar-refractivity contribution in [3.63, 3.8) is 0 Å². The van der Waals surface area contributed by atoms with E-state index in [0.717, 1.165) is 5.56 Å². The van der Waals surface area contributed by atoms with E-state index in [9.17, 15) is 5.11 Å². The van der Waals surface area contributed by atoms with Crippen LogP contribution in [0.1, 0.15) is 25.5 Å². The summed E-state index contributed by atoms with van der Waals surface area (Å²) in [4.78, 5) is 0. The summed E-state index contributed by atoms with van der Waals surface area (Å²) in [7, 11) is 1.55. The molecule has 1 N–H and O–H groups in total. The van der Waals surface area contributed by atoms with E-state index >= 15 is 0 Å². The second-order valence-electron chi connectivity index (χ2n) is 3.79. The molecule has 16 heavy (non-hydrogen) atoms. The van der Waals surface area contributed by atoms with E-state index in [1.165, 1.54) is 0 Å². The van der Waals surface area contributed by atoms with Crippen molar-refractivity contribution in [1.82, 2.24) is 0 Å². The van der Waals surface area contributed by atoms with E-state index < -0.39 is 6.10 Å². The minimum atomic E-state index is -0.661. The Hall–Kier alpha value is -0.770. The molecule has 90 valence electrons. The van der Waals surface area contributed by atoms with E-state index in [1.54, 1.807) is 25.3 Å². The first-order chi connectivity index (χ1) is 7.54. The van der Waals surface area contributed by atoms with Crippen LogP contribution in [-0.2, 0) is 4.74 Å². The van der Waals surface area contributed by atoms with Gasteiger partial charge in [0.1, 0.15) is 11.9 Å². The average Bonchev–Trinajstić information content (AvgIpc) is 2.25. The van der Waals surface area contributed by atoms with Crippen LogP contribution in [0.25, 0.3) is 0 Å². The van der Waals surface area contributed by atoms with Gasteiger partial charge < -0.3 is 14.6 Å². The maximum absolute atomic E-state index is 9.83. The summed E-state index contributed by atoms with van der Waals surface area (Å²) in [6.45, 7) is 4.11. The summed E-state index contributed by atoms with van der Waals surface area (Å²) in [5.74, 6) is 0.599. The fourth-order valence-corrected chi connectivity index (χ4v) is 1.54. The predicted octanol–water partition coefficient (Wildman–Crippen LogP) is 2.81. The Kier molecular flexibility index (Phi) is 5.06. The first-order valence-corrected chi connectivity index (χ1v) is 5.55. The van der Waals surface area contributed by atoms with Crippen LogP contribution in [0, 0.1) is 0 Å². The van der Waals surface area contributed by atoms with E-state index in [0.29, 0.717) is 10.8 Å². The van der Waals surface area contributed by atoms with Gasteiger partial charge in [0.25, 0.3) is 0 Å². The molecule has 1 atom stereocenters. The number of ether oxygens (including phenoxy) is 2. The van der Waals surface area contributed by atoms with Gasteiger partial charge in [0.15, 0.2) is 0 Å². The number of methoxy groups -OCH3 is 1. The zero-order chi connectivity index (χ0) is 12.1. The Morgan fingerprint density at radius 3 is 2.56 bits per heavy atom. The smallest absolute Gasteiger partial charge is 0.137 e. The molecule has 0 aliphatic carbocycles. The Labute approximate surface area is 101 Å². The normalized spacial score (nSPS) is 12.9. The van der Waals surface area contributed by atoms with Gasteiger partial charge in [-0.2, -0.15) is 0 Å². The molecule has 0 aromatic heterocycles. The molecule has 1 rings (SSSR count). The van der Waals surface area contributed by atoms with Crippen molar-refractivity contribution in [1.29, 1.82) is 0 Å². The summed E-state index contributed by atoms with van der Waals surface area (Å²) in [6.07, 6.45) is -0.561. The van der Waals surface area contributed by atoms with E-state index in [-0.39, 0.29) is 12.7 Å². The molecule has 0 heterocycles. The van der Waals surface area contributed by atoms with Crippen molar-refractivity contribution >= 4 is 11.6 Å². The van der Waals surface area contributed by atoms with Gasteiger partial charge in [0.05, 0.1) is 24.8 Å². The van der Waals surface area contributed by atoms with Crippen molar-refractivity contribution in [3.05, 3.63) is 28.8 Å². The van der Waals surface area contributed by atoms with Gasteiger partial charge in [-0.3, -0.25) is 0 Å². The molecular weight excluding hydrogens is 228 g/mol. The highest BCUT2D eigenvalue weighted by molar-refractivity contribution is 6.32. The first kappa shape index (κ1) is 13.3. The SMILES string of the molecule is COc1ccc(C(O)COC(C)C)cc1Cl. The van der Waals surface area contributed by atoms with Crippen LogP contribution in [0.2, 0.25) is 5.02 Å². The van der Waals surface area contributed by atoms with Crippen LogP contribution in [0.3, 0.4) is 0 Å². The molecule has 1 aromatic carbocycles. The third-order valence-corrected chi connectivity index (χ3v) is 2.44. The zero-order valence-electron chi connectivity index (χ0n) is 9.74. The lowest BCUT2D eigenvalue weighted by Crippen LogP contribution is -2.11. The van der Waals surface area contributed by atoms with Gasteiger partial charge in [-0.25, -0.2) is 0 Å². The van der Waals surface area contributed by atoms with Crippen molar-refractivity contribution < 1.29 is 14.6 Å². The topological polar surface area (TPSA) is 38.7 Å². The van der Waals surface area contributed by atoms with Crippen LogP contribution in [0.4, 0.5) is 0 Å². The molecule has 0 saturated heterocycles. The Morgan fingerprint density at radius 2 is 2.06 bits per heavy atom. The Balaban J connectivity index is 2.69. The zero-order valence-corrected chi connectivity index (χ0v) is 10.5. The van der Waals surface area contributed by atoms with Gasteiger partial charge in [0.2, 0.25) is 0 Å². The van der Waals surface area contributed by atoms with Crippen molar-refractivity contribution in [2.45, 2.75) is 26.1 Å². The number of aliphatic hydroxyl groups excluding tert-OH is 1. The monoisotopic (exact) mass is 244 g/mol. The molecule has 3 nitrogen and oxygen atoms in total. The highest BCUT2D eigenvalue weighted by Crippen LogP contribution is 2.27. The number of rotatable bonds is 5. The second-order valence-corrected chi connectivity index (χ2v) is 4.20. The molecular formula is C12H17ClO3. The number of aliphatic hydroxyl groups is 1.